The van der Waals surface area contributed by atoms with E-state index in [1.165, 1.54) is 42.6 Å². The van der Waals surface area contributed by atoms with Gasteiger partial charge in [0, 0.05) is 30.6 Å². The fraction of sp³-hybridized carbons (Fsp3) is 0.207. The number of nitrogens with zero attached hydrogens (tertiary/aromatic N) is 3. The van der Waals surface area contributed by atoms with Crippen LogP contribution in [0, 0.1) is 5.82 Å². The second-order valence-electron chi connectivity index (χ2n) is 8.86. The van der Waals surface area contributed by atoms with Crippen LogP contribution in [0.4, 0.5) is 10.1 Å². The highest BCUT2D eigenvalue weighted by atomic mass is 32.2. The van der Waals surface area contributed by atoms with Crippen LogP contribution in [-0.2, 0) is 16.3 Å². The van der Waals surface area contributed by atoms with E-state index in [9.17, 15) is 22.4 Å². The van der Waals surface area contributed by atoms with Gasteiger partial charge in [-0.1, -0.05) is 36.4 Å². The van der Waals surface area contributed by atoms with Gasteiger partial charge in [-0.05, 0) is 66.9 Å². The minimum atomic E-state index is -3.41. The highest BCUT2D eigenvalue weighted by Crippen LogP contribution is 2.30. The van der Waals surface area contributed by atoms with Crippen LogP contribution >= 0.6 is 0 Å². The highest BCUT2D eigenvalue weighted by Gasteiger charge is 2.20. The van der Waals surface area contributed by atoms with Crippen LogP contribution in [0.25, 0.3) is 22.3 Å². The number of carbonyl (C=O) groups is 1. The Balaban J connectivity index is 1.74. The van der Waals surface area contributed by atoms with E-state index in [2.05, 4.69) is 23.8 Å². The summed E-state index contributed by atoms with van der Waals surface area (Å²) in [5.41, 5.74) is 2.64. The van der Waals surface area contributed by atoms with E-state index in [0.29, 0.717) is 16.7 Å². The van der Waals surface area contributed by atoms with E-state index in [0.717, 1.165) is 35.3 Å². The molecule has 0 radical (unpaired) electrons. The molecule has 9 heteroatoms. The number of benzene rings is 3. The molecule has 1 aromatic heterocycles. The van der Waals surface area contributed by atoms with Gasteiger partial charge in [-0.25, -0.2) is 12.8 Å². The predicted octanol–water partition coefficient (Wildman–Crippen LogP) is 4.85. The Morgan fingerprint density at radius 3 is 2.03 bits per heavy atom. The summed E-state index contributed by atoms with van der Waals surface area (Å²) in [6, 6.07) is 19.0. The van der Waals surface area contributed by atoms with Crippen molar-refractivity contribution in [2.24, 2.45) is 0 Å². The molecule has 0 aliphatic heterocycles. The largest absolute Gasteiger partial charge is 0.372 e. The third kappa shape index (κ3) is 5.73. The molecular weight excluding hydrogens is 505 g/mol. The Kier molecular flexibility index (Phi) is 7.87. The molecule has 0 saturated heterocycles. The SMILES string of the molecule is CCN(CC)c1ccc(CC(=O)n2ncc(-c3ccc(S(C)(=O)=O)cc3)c(-c3ccc(F)cc3)c2=O)cc1. The lowest BCUT2D eigenvalue weighted by atomic mass is 9.97. The van der Waals surface area contributed by atoms with Crippen molar-refractivity contribution in [1.29, 1.82) is 0 Å². The van der Waals surface area contributed by atoms with Crippen LogP contribution in [0.15, 0.2) is 88.7 Å². The smallest absolute Gasteiger partial charge is 0.282 e. The van der Waals surface area contributed by atoms with Crippen LogP contribution in [-0.4, -0.2) is 43.5 Å². The molecule has 0 bridgehead atoms. The number of anilines is 1. The monoisotopic (exact) mass is 533 g/mol. The third-order valence-electron chi connectivity index (χ3n) is 6.36. The maximum absolute atomic E-state index is 13.6. The summed E-state index contributed by atoms with van der Waals surface area (Å²) in [6.07, 6.45) is 2.48. The Hall–Kier alpha value is -4.11. The average molecular weight is 534 g/mol. The number of carbonyl (C=O) groups excluding carboxylic acids is 1. The van der Waals surface area contributed by atoms with Crippen molar-refractivity contribution in [3.8, 4) is 22.3 Å². The van der Waals surface area contributed by atoms with Gasteiger partial charge in [0.05, 0.1) is 23.1 Å². The molecule has 4 aromatic rings. The summed E-state index contributed by atoms with van der Waals surface area (Å²) in [5.74, 6) is -0.973. The first-order valence-electron chi connectivity index (χ1n) is 12.2. The van der Waals surface area contributed by atoms with Gasteiger partial charge in [0.25, 0.3) is 11.5 Å². The lowest BCUT2D eigenvalue weighted by Crippen LogP contribution is -2.31. The molecule has 0 atom stereocenters. The lowest BCUT2D eigenvalue weighted by molar-refractivity contribution is 0.0892. The van der Waals surface area contributed by atoms with Crippen molar-refractivity contribution in [3.05, 3.63) is 101 Å². The van der Waals surface area contributed by atoms with Crippen molar-refractivity contribution in [3.63, 3.8) is 0 Å². The van der Waals surface area contributed by atoms with Crippen LogP contribution in [0.3, 0.4) is 0 Å². The van der Waals surface area contributed by atoms with Crippen LogP contribution < -0.4 is 10.5 Å². The molecule has 4 rings (SSSR count). The number of rotatable bonds is 8. The fourth-order valence-electron chi connectivity index (χ4n) is 4.29. The minimum absolute atomic E-state index is 0.0311. The van der Waals surface area contributed by atoms with Crippen molar-refractivity contribution >= 4 is 21.4 Å². The van der Waals surface area contributed by atoms with Gasteiger partial charge < -0.3 is 4.90 Å². The molecule has 3 aromatic carbocycles. The molecule has 196 valence electrons. The van der Waals surface area contributed by atoms with E-state index in [-0.39, 0.29) is 16.9 Å². The Morgan fingerprint density at radius 1 is 0.895 bits per heavy atom. The summed E-state index contributed by atoms with van der Waals surface area (Å²) >= 11 is 0. The number of hydrogen-bond acceptors (Lipinski definition) is 6. The molecule has 0 unspecified atom stereocenters. The van der Waals surface area contributed by atoms with Gasteiger partial charge in [0.15, 0.2) is 9.84 Å². The van der Waals surface area contributed by atoms with Crippen LogP contribution in [0.1, 0.15) is 24.2 Å². The molecule has 0 aliphatic rings. The minimum Gasteiger partial charge on any atom is -0.372 e. The highest BCUT2D eigenvalue weighted by molar-refractivity contribution is 7.90. The molecule has 0 aliphatic carbocycles. The zero-order valence-corrected chi connectivity index (χ0v) is 22.2. The first-order chi connectivity index (χ1) is 18.1. The second kappa shape index (κ2) is 11.1. The Bertz CT molecular complexity index is 1610. The molecule has 1 heterocycles. The van der Waals surface area contributed by atoms with Gasteiger partial charge in [0.2, 0.25) is 0 Å². The first kappa shape index (κ1) is 26.9. The molecule has 0 N–H and O–H groups in total. The second-order valence-corrected chi connectivity index (χ2v) is 10.9. The van der Waals surface area contributed by atoms with E-state index in [4.69, 9.17) is 0 Å². The van der Waals surface area contributed by atoms with Crippen molar-refractivity contribution in [1.82, 2.24) is 9.78 Å². The predicted molar refractivity (Wildman–Crippen MR) is 147 cm³/mol. The lowest BCUT2D eigenvalue weighted by Gasteiger charge is -2.21. The van der Waals surface area contributed by atoms with E-state index < -0.39 is 27.1 Å². The summed E-state index contributed by atoms with van der Waals surface area (Å²) in [4.78, 5) is 29.1. The number of sulfone groups is 1. The number of hydrogen-bond donors (Lipinski definition) is 0. The summed E-state index contributed by atoms with van der Waals surface area (Å²) < 4.78 is 38.2. The van der Waals surface area contributed by atoms with Gasteiger partial charge >= 0.3 is 0 Å². The number of halogens is 1. The molecule has 0 spiro atoms. The van der Waals surface area contributed by atoms with Gasteiger partial charge in [-0.3, -0.25) is 9.59 Å². The average Bonchev–Trinajstić information content (AvgIpc) is 2.90. The van der Waals surface area contributed by atoms with Crippen molar-refractivity contribution in [2.45, 2.75) is 25.2 Å². The molecule has 38 heavy (non-hydrogen) atoms. The Morgan fingerprint density at radius 2 is 1.47 bits per heavy atom. The maximum Gasteiger partial charge on any atom is 0.282 e. The van der Waals surface area contributed by atoms with Crippen molar-refractivity contribution < 1.29 is 17.6 Å². The molecule has 0 fully saturated rings. The van der Waals surface area contributed by atoms with Gasteiger partial charge in [0.1, 0.15) is 5.82 Å². The van der Waals surface area contributed by atoms with E-state index in [1.807, 2.05) is 24.3 Å². The molecule has 0 saturated carbocycles. The van der Waals surface area contributed by atoms with Gasteiger partial charge in [-0.15, -0.1) is 0 Å². The fourth-order valence-corrected chi connectivity index (χ4v) is 4.92. The van der Waals surface area contributed by atoms with Crippen LogP contribution in [0.5, 0.6) is 0 Å². The van der Waals surface area contributed by atoms with Crippen molar-refractivity contribution in [2.75, 3.05) is 24.2 Å². The maximum atomic E-state index is 13.6. The standard InChI is InChI=1S/C29H28FN3O4S/c1-4-32(5-2)24-14-6-20(7-15-24)18-27(34)33-29(35)28(22-8-12-23(30)13-9-22)26(19-31-33)21-10-16-25(17-11-21)38(3,36)37/h6-17,19H,4-5,18H2,1-3H3. The van der Waals surface area contributed by atoms with E-state index >= 15 is 0 Å². The summed E-state index contributed by atoms with van der Waals surface area (Å²) in [6.45, 7) is 5.87. The zero-order chi connectivity index (χ0) is 27.4. The summed E-state index contributed by atoms with van der Waals surface area (Å²) in [5, 5.41) is 4.15. The number of aromatic nitrogens is 2. The quantitative estimate of drug-likeness (QED) is 0.322. The molecule has 0 amide bonds. The Labute approximate surface area is 221 Å². The van der Waals surface area contributed by atoms with E-state index in [1.54, 1.807) is 12.1 Å². The molecular formula is C29H28FN3O4S. The summed E-state index contributed by atoms with van der Waals surface area (Å²) in [7, 11) is -3.41. The zero-order valence-electron chi connectivity index (χ0n) is 21.4. The van der Waals surface area contributed by atoms with Crippen LogP contribution in [0.2, 0.25) is 0 Å². The molecule has 7 nitrogen and oxygen atoms in total. The third-order valence-corrected chi connectivity index (χ3v) is 7.49. The normalized spacial score (nSPS) is 11.4. The first-order valence-corrected chi connectivity index (χ1v) is 14.1. The topological polar surface area (TPSA) is 89.3 Å². The van der Waals surface area contributed by atoms with Gasteiger partial charge in [-0.2, -0.15) is 9.78 Å².